The Bertz CT molecular complexity index is 513. The minimum atomic E-state index is -0.375. The number of ether oxygens (including phenoxy) is 2. The van der Waals surface area contributed by atoms with Gasteiger partial charge in [-0.25, -0.2) is 4.79 Å². The third kappa shape index (κ3) is 5.54. The van der Waals surface area contributed by atoms with E-state index in [0.29, 0.717) is 18.7 Å². The average Bonchev–Trinajstić information content (AvgIpc) is 2.61. The van der Waals surface area contributed by atoms with Crippen molar-refractivity contribution in [1.82, 2.24) is 10.6 Å². The molecule has 1 heterocycles. The molecule has 2 amide bonds. The van der Waals surface area contributed by atoms with Crippen LogP contribution in [0, 0.1) is 0 Å². The largest absolute Gasteiger partial charge is 0.383 e. The summed E-state index contributed by atoms with van der Waals surface area (Å²) in [6, 6.07) is 7.06. The number of amides is 2. The van der Waals surface area contributed by atoms with E-state index in [2.05, 4.69) is 15.5 Å². The molecule has 1 aromatic rings. The van der Waals surface area contributed by atoms with Crippen LogP contribution >= 0.6 is 0 Å². The van der Waals surface area contributed by atoms with E-state index in [9.17, 15) is 9.59 Å². The lowest BCUT2D eigenvalue weighted by molar-refractivity contribution is 0.0992. The van der Waals surface area contributed by atoms with Crippen molar-refractivity contribution in [3.8, 4) is 0 Å². The quantitative estimate of drug-likeness (QED) is 0.569. The van der Waals surface area contributed by atoms with E-state index in [1.807, 2.05) is 12.1 Å². The zero-order valence-electron chi connectivity index (χ0n) is 13.3. The summed E-state index contributed by atoms with van der Waals surface area (Å²) in [5.74, 6) is -0.125. The summed E-state index contributed by atoms with van der Waals surface area (Å²) in [4.78, 5) is 25.8. The predicted molar refractivity (Wildman–Crippen MR) is 87.1 cm³/mol. The first kappa shape index (κ1) is 17.2. The highest BCUT2D eigenvalue weighted by molar-refractivity contribution is 5.99. The summed E-state index contributed by atoms with van der Waals surface area (Å²) in [6.45, 7) is 3.98. The molecule has 7 nitrogen and oxygen atoms in total. The van der Waals surface area contributed by atoms with Crippen molar-refractivity contribution in [3.63, 3.8) is 0 Å². The van der Waals surface area contributed by atoms with Gasteiger partial charge in [-0.05, 0) is 24.3 Å². The number of nitrogens with one attached hydrogen (secondary N) is 2. The van der Waals surface area contributed by atoms with E-state index < -0.39 is 0 Å². The van der Waals surface area contributed by atoms with Crippen molar-refractivity contribution in [3.05, 3.63) is 29.8 Å². The van der Waals surface area contributed by atoms with Crippen molar-refractivity contribution >= 4 is 17.5 Å². The molecule has 1 fully saturated rings. The fraction of sp³-hybridized carbons (Fsp3) is 0.500. The molecule has 23 heavy (non-hydrogen) atoms. The van der Waals surface area contributed by atoms with Gasteiger partial charge in [0.15, 0.2) is 5.78 Å². The van der Waals surface area contributed by atoms with Crippen LogP contribution in [0.1, 0.15) is 10.4 Å². The second-order valence-corrected chi connectivity index (χ2v) is 5.17. The number of carbonyl (C=O) groups excluding carboxylic acids is 2. The highest BCUT2D eigenvalue weighted by Gasteiger charge is 2.12. The molecular formula is C16H23N3O4. The van der Waals surface area contributed by atoms with Gasteiger partial charge in [-0.3, -0.25) is 4.79 Å². The fourth-order valence-corrected chi connectivity index (χ4v) is 2.27. The van der Waals surface area contributed by atoms with Gasteiger partial charge in [0.05, 0.1) is 26.4 Å². The number of hydrogen-bond acceptors (Lipinski definition) is 5. The van der Waals surface area contributed by atoms with Gasteiger partial charge in [0.1, 0.15) is 0 Å². The van der Waals surface area contributed by atoms with Crippen LogP contribution in [-0.4, -0.2) is 64.9 Å². The zero-order valence-corrected chi connectivity index (χ0v) is 13.3. The minimum absolute atomic E-state index is 0.0320. The number of carbonyl (C=O) groups is 2. The standard InChI is InChI=1S/C16H23N3O4/c1-22-9-6-17-16(21)18-12-15(20)13-2-4-14(5-3-13)19-7-10-23-11-8-19/h2-5H,6-12H2,1H3,(H2,17,18,21). The Morgan fingerprint density at radius 1 is 1.17 bits per heavy atom. The van der Waals surface area contributed by atoms with Crippen LogP contribution in [0.3, 0.4) is 0 Å². The van der Waals surface area contributed by atoms with Crippen molar-refractivity contribution in [1.29, 1.82) is 0 Å². The summed E-state index contributed by atoms with van der Waals surface area (Å²) in [6.07, 6.45) is 0. The van der Waals surface area contributed by atoms with Gasteiger partial charge < -0.3 is 25.0 Å². The Morgan fingerprint density at radius 3 is 2.52 bits per heavy atom. The molecule has 0 unspecified atom stereocenters. The molecule has 1 aliphatic heterocycles. The first-order valence-corrected chi connectivity index (χ1v) is 7.67. The van der Waals surface area contributed by atoms with Crippen LogP contribution in [0.5, 0.6) is 0 Å². The molecule has 2 N–H and O–H groups in total. The maximum absolute atomic E-state index is 12.1. The number of benzene rings is 1. The van der Waals surface area contributed by atoms with Crippen molar-refractivity contribution < 1.29 is 19.1 Å². The number of methoxy groups -OCH3 is 1. The molecule has 0 bridgehead atoms. The highest BCUT2D eigenvalue weighted by Crippen LogP contribution is 2.16. The number of rotatable bonds is 7. The molecule has 0 spiro atoms. The second kappa shape index (κ2) is 9.12. The molecule has 1 aliphatic rings. The summed E-state index contributed by atoms with van der Waals surface area (Å²) in [5.41, 5.74) is 1.66. The Balaban J connectivity index is 1.79. The SMILES string of the molecule is COCCNC(=O)NCC(=O)c1ccc(N2CCOCC2)cc1. The van der Waals surface area contributed by atoms with Crippen LogP contribution < -0.4 is 15.5 Å². The Morgan fingerprint density at radius 2 is 1.87 bits per heavy atom. The summed E-state index contributed by atoms with van der Waals surface area (Å²) >= 11 is 0. The molecule has 0 atom stereocenters. The van der Waals surface area contributed by atoms with E-state index in [1.165, 1.54) is 0 Å². The van der Waals surface area contributed by atoms with Gasteiger partial charge in [-0.2, -0.15) is 0 Å². The molecule has 2 rings (SSSR count). The van der Waals surface area contributed by atoms with Gasteiger partial charge >= 0.3 is 6.03 Å². The van der Waals surface area contributed by atoms with Crippen LogP contribution in [-0.2, 0) is 9.47 Å². The lowest BCUT2D eigenvalue weighted by Crippen LogP contribution is -2.39. The number of ketones is 1. The van der Waals surface area contributed by atoms with E-state index in [-0.39, 0.29) is 18.4 Å². The normalized spacial score (nSPS) is 14.4. The number of Topliss-reactive ketones (excluding diaryl/α,β-unsaturated/α-hetero) is 1. The maximum Gasteiger partial charge on any atom is 0.315 e. The van der Waals surface area contributed by atoms with E-state index in [4.69, 9.17) is 9.47 Å². The van der Waals surface area contributed by atoms with Gasteiger partial charge in [0.25, 0.3) is 0 Å². The molecule has 0 saturated carbocycles. The van der Waals surface area contributed by atoms with Crippen molar-refractivity contribution in [2.24, 2.45) is 0 Å². The Kier molecular flexibility index (Phi) is 6.83. The third-order valence-corrected chi connectivity index (χ3v) is 3.57. The van der Waals surface area contributed by atoms with Gasteiger partial charge in [-0.1, -0.05) is 0 Å². The van der Waals surface area contributed by atoms with Crippen LogP contribution in [0.4, 0.5) is 10.5 Å². The molecule has 1 aromatic carbocycles. The number of morpholine rings is 1. The number of hydrogen-bond donors (Lipinski definition) is 2. The van der Waals surface area contributed by atoms with E-state index in [1.54, 1.807) is 19.2 Å². The summed E-state index contributed by atoms with van der Waals surface area (Å²) in [5, 5.41) is 5.13. The second-order valence-electron chi connectivity index (χ2n) is 5.17. The van der Waals surface area contributed by atoms with E-state index in [0.717, 1.165) is 32.0 Å². The van der Waals surface area contributed by atoms with Gasteiger partial charge in [0, 0.05) is 38.0 Å². The lowest BCUT2D eigenvalue weighted by atomic mass is 10.1. The summed E-state index contributed by atoms with van der Waals surface area (Å²) < 4.78 is 10.1. The fourth-order valence-electron chi connectivity index (χ4n) is 2.27. The molecular weight excluding hydrogens is 298 g/mol. The smallest absolute Gasteiger partial charge is 0.315 e. The summed E-state index contributed by atoms with van der Waals surface area (Å²) in [7, 11) is 1.56. The molecule has 0 radical (unpaired) electrons. The Hall–Kier alpha value is -2.12. The first-order chi connectivity index (χ1) is 11.2. The monoisotopic (exact) mass is 321 g/mol. The maximum atomic E-state index is 12.1. The molecule has 126 valence electrons. The molecule has 0 aliphatic carbocycles. The minimum Gasteiger partial charge on any atom is -0.383 e. The van der Waals surface area contributed by atoms with Gasteiger partial charge in [0.2, 0.25) is 0 Å². The lowest BCUT2D eigenvalue weighted by Gasteiger charge is -2.28. The molecule has 1 saturated heterocycles. The highest BCUT2D eigenvalue weighted by atomic mass is 16.5. The van der Waals surface area contributed by atoms with Crippen molar-refractivity contribution in [2.75, 3.05) is 58.0 Å². The first-order valence-electron chi connectivity index (χ1n) is 7.67. The predicted octanol–water partition coefficient (Wildman–Crippen LogP) is 0.651. The van der Waals surface area contributed by atoms with Crippen molar-refractivity contribution in [2.45, 2.75) is 0 Å². The van der Waals surface area contributed by atoms with Crippen LogP contribution in [0.25, 0.3) is 0 Å². The average molecular weight is 321 g/mol. The van der Waals surface area contributed by atoms with Crippen LogP contribution in [0.15, 0.2) is 24.3 Å². The molecule has 7 heteroatoms. The molecule has 0 aromatic heterocycles. The number of nitrogens with zero attached hydrogens (tertiary/aromatic N) is 1. The van der Waals surface area contributed by atoms with Crippen LogP contribution in [0.2, 0.25) is 0 Å². The third-order valence-electron chi connectivity index (χ3n) is 3.57. The zero-order chi connectivity index (χ0) is 16.5. The number of urea groups is 1. The number of anilines is 1. The van der Waals surface area contributed by atoms with Gasteiger partial charge in [-0.15, -0.1) is 0 Å². The van der Waals surface area contributed by atoms with E-state index >= 15 is 0 Å². The Labute approximate surface area is 135 Å². The topological polar surface area (TPSA) is 79.9 Å².